The molecular formula is C12H21NO6. The fourth-order valence-electron chi connectivity index (χ4n) is 1.40. The van der Waals surface area contributed by atoms with Crippen molar-refractivity contribution in [2.75, 3.05) is 33.0 Å². The number of hydrogen-bond acceptors (Lipinski definition) is 7. The molecule has 0 fully saturated rings. The molecule has 0 bridgehead atoms. The van der Waals surface area contributed by atoms with Crippen LogP contribution in [-0.4, -0.2) is 65.0 Å². The molecule has 7 nitrogen and oxygen atoms in total. The van der Waals surface area contributed by atoms with Gasteiger partial charge in [0.25, 0.3) is 0 Å². The third-order valence-electron chi connectivity index (χ3n) is 2.76. The number of aliphatic hydroxyl groups excluding tert-OH is 4. The summed E-state index contributed by atoms with van der Waals surface area (Å²) >= 11 is 0. The van der Waals surface area contributed by atoms with Gasteiger partial charge in [0.15, 0.2) is 0 Å². The van der Waals surface area contributed by atoms with E-state index in [-0.39, 0.29) is 19.8 Å². The molecule has 7 heteroatoms. The van der Waals surface area contributed by atoms with Crippen molar-refractivity contribution in [3.63, 3.8) is 0 Å². The summed E-state index contributed by atoms with van der Waals surface area (Å²) in [6.07, 6.45) is 0.716. The van der Waals surface area contributed by atoms with Crippen LogP contribution in [0.3, 0.4) is 0 Å². The maximum atomic E-state index is 9.66. The van der Waals surface area contributed by atoms with Crippen molar-refractivity contribution in [3.8, 4) is 0 Å². The molecule has 1 rings (SSSR count). The molecule has 0 aliphatic rings. The molecule has 0 saturated heterocycles. The van der Waals surface area contributed by atoms with Gasteiger partial charge in [0.05, 0.1) is 44.3 Å². The number of hydrogen-bond donors (Lipinski definition) is 5. The summed E-state index contributed by atoms with van der Waals surface area (Å²) in [5, 5.41) is 39.6. The third-order valence-corrected chi connectivity index (χ3v) is 2.76. The van der Waals surface area contributed by atoms with Crippen molar-refractivity contribution in [1.82, 2.24) is 5.32 Å². The van der Waals surface area contributed by atoms with Crippen molar-refractivity contribution in [2.24, 2.45) is 0 Å². The first-order valence-corrected chi connectivity index (χ1v) is 6.01. The SMILES string of the molecule is OCC(CO)(CO)NCC(O)COCc1ccco1. The van der Waals surface area contributed by atoms with E-state index >= 15 is 0 Å². The maximum absolute atomic E-state index is 9.66. The zero-order chi connectivity index (χ0) is 14.1. The number of nitrogens with one attached hydrogen (secondary N) is 1. The summed E-state index contributed by atoms with van der Waals surface area (Å²) < 4.78 is 10.3. The zero-order valence-corrected chi connectivity index (χ0v) is 10.7. The molecule has 1 heterocycles. The van der Waals surface area contributed by atoms with Crippen LogP contribution in [0.1, 0.15) is 5.76 Å². The summed E-state index contributed by atoms with van der Waals surface area (Å²) in [6.45, 7) is -0.874. The van der Waals surface area contributed by atoms with E-state index in [4.69, 9.17) is 24.5 Å². The lowest BCUT2D eigenvalue weighted by Gasteiger charge is -2.29. The number of rotatable bonds is 10. The molecule has 19 heavy (non-hydrogen) atoms. The van der Waals surface area contributed by atoms with Crippen LogP contribution in [-0.2, 0) is 11.3 Å². The van der Waals surface area contributed by atoms with Gasteiger partial charge in [0.1, 0.15) is 12.4 Å². The summed E-state index contributed by atoms with van der Waals surface area (Å²) in [4.78, 5) is 0. The largest absolute Gasteiger partial charge is 0.467 e. The van der Waals surface area contributed by atoms with Gasteiger partial charge in [-0.3, -0.25) is 0 Å². The van der Waals surface area contributed by atoms with Gasteiger partial charge in [-0.05, 0) is 12.1 Å². The highest BCUT2D eigenvalue weighted by Crippen LogP contribution is 2.04. The monoisotopic (exact) mass is 275 g/mol. The Morgan fingerprint density at radius 3 is 2.47 bits per heavy atom. The number of ether oxygens (including phenoxy) is 1. The first kappa shape index (κ1) is 16.1. The Labute approximate surface area is 111 Å². The normalized spacial score (nSPS) is 13.7. The van der Waals surface area contributed by atoms with E-state index < -0.39 is 31.5 Å². The Kier molecular flexibility index (Phi) is 7.00. The van der Waals surface area contributed by atoms with Gasteiger partial charge in [-0.25, -0.2) is 0 Å². The highest BCUT2D eigenvalue weighted by molar-refractivity contribution is 4.96. The smallest absolute Gasteiger partial charge is 0.129 e. The number of aliphatic hydroxyl groups is 4. The van der Waals surface area contributed by atoms with E-state index in [0.29, 0.717) is 5.76 Å². The second-order valence-electron chi connectivity index (χ2n) is 4.38. The van der Waals surface area contributed by atoms with Crippen LogP contribution in [0.2, 0.25) is 0 Å². The molecule has 1 aromatic rings. The molecule has 0 aliphatic heterocycles. The van der Waals surface area contributed by atoms with E-state index in [0.717, 1.165) is 0 Å². The molecule has 0 aliphatic carbocycles. The highest BCUT2D eigenvalue weighted by Gasteiger charge is 2.27. The predicted octanol–water partition coefficient (Wildman–Crippen LogP) is -1.54. The summed E-state index contributed by atoms with van der Waals surface area (Å²) in [7, 11) is 0. The van der Waals surface area contributed by atoms with Crippen LogP contribution >= 0.6 is 0 Å². The summed E-state index contributed by atoms with van der Waals surface area (Å²) in [6, 6.07) is 3.51. The molecule has 110 valence electrons. The molecule has 0 spiro atoms. The lowest BCUT2D eigenvalue weighted by Crippen LogP contribution is -2.57. The standard InChI is InChI=1S/C12H21NO6/c14-7-12(8-15,9-16)13-4-10(17)5-18-6-11-2-1-3-19-11/h1-3,10,13-17H,4-9H2. The van der Waals surface area contributed by atoms with Crippen molar-refractivity contribution in [2.45, 2.75) is 18.2 Å². The fraction of sp³-hybridized carbons (Fsp3) is 0.667. The second kappa shape index (κ2) is 8.26. The van der Waals surface area contributed by atoms with E-state index in [1.165, 1.54) is 6.26 Å². The van der Waals surface area contributed by atoms with Gasteiger partial charge in [-0.1, -0.05) is 0 Å². The Morgan fingerprint density at radius 1 is 1.26 bits per heavy atom. The van der Waals surface area contributed by atoms with Crippen LogP contribution in [0, 0.1) is 0 Å². The first-order valence-electron chi connectivity index (χ1n) is 6.01. The number of β-amino-alcohol motifs (C(OH)–C–C–N with tert-alkyl or cyclic N) is 1. The predicted molar refractivity (Wildman–Crippen MR) is 66.4 cm³/mol. The van der Waals surface area contributed by atoms with Crippen LogP contribution in [0.5, 0.6) is 0 Å². The van der Waals surface area contributed by atoms with E-state index in [2.05, 4.69) is 5.32 Å². The van der Waals surface area contributed by atoms with E-state index in [1.807, 2.05) is 0 Å². The van der Waals surface area contributed by atoms with Gasteiger partial charge in [0.2, 0.25) is 0 Å². The van der Waals surface area contributed by atoms with Crippen LogP contribution < -0.4 is 5.32 Å². The van der Waals surface area contributed by atoms with E-state index in [1.54, 1.807) is 12.1 Å². The molecular weight excluding hydrogens is 254 g/mol. The zero-order valence-electron chi connectivity index (χ0n) is 10.7. The van der Waals surface area contributed by atoms with E-state index in [9.17, 15) is 5.11 Å². The Morgan fingerprint density at radius 2 is 1.95 bits per heavy atom. The Bertz CT molecular complexity index is 317. The van der Waals surface area contributed by atoms with Crippen molar-refractivity contribution in [3.05, 3.63) is 24.2 Å². The lowest BCUT2D eigenvalue weighted by atomic mass is 10.0. The lowest BCUT2D eigenvalue weighted by molar-refractivity contribution is 0.00130. The van der Waals surface area contributed by atoms with Gasteiger partial charge in [0, 0.05) is 6.54 Å². The third kappa shape index (κ3) is 5.27. The van der Waals surface area contributed by atoms with Crippen LogP contribution in [0.25, 0.3) is 0 Å². The van der Waals surface area contributed by atoms with Crippen LogP contribution in [0.4, 0.5) is 0 Å². The molecule has 0 saturated carbocycles. The topological polar surface area (TPSA) is 115 Å². The quantitative estimate of drug-likeness (QED) is 0.351. The molecule has 1 aromatic heterocycles. The van der Waals surface area contributed by atoms with Crippen molar-refractivity contribution in [1.29, 1.82) is 0 Å². The fourth-order valence-corrected chi connectivity index (χ4v) is 1.40. The Hall–Kier alpha value is -0.960. The van der Waals surface area contributed by atoms with Gasteiger partial charge in [-0.2, -0.15) is 0 Å². The van der Waals surface area contributed by atoms with Gasteiger partial charge < -0.3 is 34.9 Å². The minimum atomic E-state index is -1.19. The van der Waals surface area contributed by atoms with Crippen LogP contribution in [0.15, 0.2) is 22.8 Å². The molecule has 0 radical (unpaired) electrons. The number of furan rings is 1. The molecule has 1 atom stereocenters. The molecule has 0 aromatic carbocycles. The average Bonchev–Trinajstić information content (AvgIpc) is 2.94. The molecule has 5 N–H and O–H groups in total. The summed E-state index contributed by atoms with van der Waals surface area (Å²) in [5.41, 5.74) is -1.19. The highest BCUT2D eigenvalue weighted by atomic mass is 16.5. The molecule has 1 unspecified atom stereocenters. The summed E-state index contributed by atoms with van der Waals surface area (Å²) in [5.74, 6) is 0.663. The first-order chi connectivity index (χ1) is 9.15. The average molecular weight is 275 g/mol. The minimum Gasteiger partial charge on any atom is -0.467 e. The Balaban J connectivity index is 2.21. The minimum absolute atomic E-state index is 0.0755. The maximum Gasteiger partial charge on any atom is 0.129 e. The van der Waals surface area contributed by atoms with Crippen molar-refractivity contribution >= 4 is 0 Å². The van der Waals surface area contributed by atoms with Gasteiger partial charge >= 0.3 is 0 Å². The van der Waals surface area contributed by atoms with Gasteiger partial charge in [-0.15, -0.1) is 0 Å². The second-order valence-corrected chi connectivity index (χ2v) is 4.38. The van der Waals surface area contributed by atoms with Crippen molar-refractivity contribution < 1.29 is 29.6 Å². The molecule has 0 amide bonds.